The molecule has 12 rings (SSSR count). The highest BCUT2D eigenvalue weighted by molar-refractivity contribution is 6.09. The molecular weight excluding hydrogens is 797 g/mol. The number of rotatable bonds is 9. The Labute approximate surface area is 385 Å². The van der Waals surface area contributed by atoms with Crippen LogP contribution in [0.25, 0.3) is 93.9 Å². The standard InChI is InChI=1S/C64H44N2/c1-2-18-47(19-3-1)54-25-6-7-26-56(54)57-27-8-9-28-58(57)59-29-10-13-33-62(59)65(52-23-16-22-49(44-52)55-32-17-21-48-20-4-5-24-53(48)55)50-40-36-45(37-41-50)46-38-42-51(43-39-46)66-63-34-14-11-30-60(63)61-31-12-15-35-64(61)66/h1-44H. The lowest BCUT2D eigenvalue weighted by molar-refractivity contribution is 1.18. The molecule has 12 aromatic rings. The molecule has 0 unspecified atom stereocenters. The van der Waals surface area contributed by atoms with Gasteiger partial charge in [-0.25, -0.2) is 0 Å². The van der Waals surface area contributed by atoms with Crippen LogP contribution in [0.2, 0.25) is 0 Å². The Kier molecular flexibility index (Phi) is 9.89. The third-order valence-corrected chi connectivity index (χ3v) is 13.0. The molecule has 1 aromatic heterocycles. The molecule has 0 spiro atoms. The maximum atomic E-state index is 2.43. The van der Waals surface area contributed by atoms with Gasteiger partial charge in [-0.05, 0) is 115 Å². The van der Waals surface area contributed by atoms with Gasteiger partial charge in [-0.2, -0.15) is 0 Å². The molecule has 0 aliphatic rings. The molecule has 0 radical (unpaired) electrons. The van der Waals surface area contributed by atoms with Crippen molar-refractivity contribution in [1.29, 1.82) is 0 Å². The number of para-hydroxylation sites is 3. The Hall–Kier alpha value is -8.72. The summed E-state index contributed by atoms with van der Waals surface area (Å²) in [5.41, 5.74) is 18.7. The normalized spacial score (nSPS) is 11.3. The van der Waals surface area contributed by atoms with Crippen LogP contribution in [0.1, 0.15) is 0 Å². The van der Waals surface area contributed by atoms with Crippen molar-refractivity contribution in [2.24, 2.45) is 0 Å². The number of fused-ring (bicyclic) bond motifs is 4. The second-order valence-corrected chi connectivity index (χ2v) is 16.9. The van der Waals surface area contributed by atoms with E-state index in [0.29, 0.717) is 0 Å². The third kappa shape index (κ3) is 6.93. The maximum Gasteiger partial charge on any atom is 0.0541 e. The molecule has 11 aromatic carbocycles. The minimum absolute atomic E-state index is 1.07. The molecule has 66 heavy (non-hydrogen) atoms. The number of aromatic nitrogens is 1. The summed E-state index contributed by atoms with van der Waals surface area (Å²) in [5, 5.41) is 5.00. The zero-order valence-electron chi connectivity index (χ0n) is 36.3. The van der Waals surface area contributed by atoms with E-state index in [0.717, 1.165) is 33.9 Å². The average molecular weight is 841 g/mol. The molecule has 2 heteroatoms. The van der Waals surface area contributed by atoms with E-state index in [9.17, 15) is 0 Å². The topological polar surface area (TPSA) is 8.17 Å². The first-order valence-electron chi connectivity index (χ1n) is 22.7. The van der Waals surface area contributed by atoms with Crippen LogP contribution in [0.5, 0.6) is 0 Å². The van der Waals surface area contributed by atoms with Crippen LogP contribution in [-0.2, 0) is 0 Å². The number of benzene rings is 11. The van der Waals surface area contributed by atoms with E-state index in [1.54, 1.807) is 0 Å². The molecule has 310 valence electrons. The molecule has 1 heterocycles. The second-order valence-electron chi connectivity index (χ2n) is 16.9. The first-order valence-corrected chi connectivity index (χ1v) is 22.7. The van der Waals surface area contributed by atoms with Crippen LogP contribution < -0.4 is 4.90 Å². The fourth-order valence-corrected chi connectivity index (χ4v) is 9.96. The average Bonchev–Trinajstić information content (AvgIpc) is 3.74. The fourth-order valence-electron chi connectivity index (χ4n) is 9.96. The van der Waals surface area contributed by atoms with Gasteiger partial charge in [-0.3, -0.25) is 0 Å². The van der Waals surface area contributed by atoms with Gasteiger partial charge >= 0.3 is 0 Å². The van der Waals surface area contributed by atoms with Crippen LogP contribution >= 0.6 is 0 Å². The summed E-state index contributed by atoms with van der Waals surface area (Å²) < 4.78 is 2.37. The Balaban J connectivity index is 0.983. The summed E-state index contributed by atoms with van der Waals surface area (Å²) in [4.78, 5) is 2.43. The maximum absolute atomic E-state index is 2.43. The van der Waals surface area contributed by atoms with Crippen LogP contribution in [0, 0.1) is 0 Å². The summed E-state index contributed by atoms with van der Waals surface area (Å²) >= 11 is 0. The van der Waals surface area contributed by atoms with E-state index in [2.05, 4.69) is 276 Å². The van der Waals surface area contributed by atoms with Gasteiger partial charge in [0.1, 0.15) is 0 Å². The molecule has 0 atom stereocenters. The lowest BCUT2D eigenvalue weighted by atomic mass is 9.88. The predicted octanol–water partition coefficient (Wildman–Crippen LogP) is 17.7. The first kappa shape index (κ1) is 38.9. The molecule has 0 bridgehead atoms. The summed E-state index contributed by atoms with van der Waals surface area (Å²) in [5.74, 6) is 0. The Morgan fingerprint density at radius 2 is 0.727 bits per heavy atom. The first-order chi connectivity index (χ1) is 32.8. The van der Waals surface area contributed by atoms with Gasteiger partial charge < -0.3 is 9.47 Å². The summed E-state index contributed by atoms with van der Waals surface area (Å²) in [6.07, 6.45) is 0. The molecule has 0 aliphatic heterocycles. The van der Waals surface area contributed by atoms with E-state index in [1.165, 1.54) is 77.1 Å². The van der Waals surface area contributed by atoms with E-state index in [4.69, 9.17) is 0 Å². The van der Waals surface area contributed by atoms with Crippen molar-refractivity contribution >= 4 is 49.6 Å². The molecule has 2 nitrogen and oxygen atoms in total. The van der Waals surface area contributed by atoms with Crippen molar-refractivity contribution < 1.29 is 0 Å². The largest absolute Gasteiger partial charge is 0.310 e. The fraction of sp³-hybridized carbons (Fsp3) is 0. The smallest absolute Gasteiger partial charge is 0.0541 e. The minimum Gasteiger partial charge on any atom is -0.310 e. The Morgan fingerprint density at radius 1 is 0.258 bits per heavy atom. The van der Waals surface area contributed by atoms with Gasteiger partial charge in [0, 0.05) is 33.4 Å². The van der Waals surface area contributed by atoms with Crippen molar-refractivity contribution in [2.45, 2.75) is 0 Å². The van der Waals surface area contributed by atoms with Gasteiger partial charge in [0.25, 0.3) is 0 Å². The highest BCUT2D eigenvalue weighted by Gasteiger charge is 2.21. The molecule has 0 saturated heterocycles. The number of nitrogens with zero attached hydrogens (tertiary/aromatic N) is 2. The lowest BCUT2D eigenvalue weighted by Gasteiger charge is -2.29. The molecule has 0 N–H and O–H groups in total. The molecular formula is C64H44N2. The van der Waals surface area contributed by atoms with E-state index < -0.39 is 0 Å². The van der Waals surface area contributed by atoms with E-state index in [1.807, 2.05) is 0 Å². The SMILES string of the molecule is c1ccc(-c2ccccc2-c2ccccc2-c2ccccc2N(c2ccc(-c3ccc(-n4c5ccccc5c5ccccc54)cc3)cc2)c2cccc(-c3cccc4ccccc34)c2)cc1. The predicted molar refractivity (Wildman–Crippen MR) is 280 cm³/mol. The second kappa shape index (κ2) is 16.8. The summed E-state index contributed by atoms with van der Waals surface area (Å²) in [6.45, 7) is 0. The molecule has 0 saturated carbocycles. The van der Waals surface area contributed by atoms with Gasteiger partial charge in [0.05, 0.1) is 16.7 Å². The van der Waals surface area contributed by atoms with Crippen LogP contribution in [0.4, 0.5) is 17.1 Å². The van der Waals surface area contributed by atoms with Crippen molar-refractivity contribution in [1.82, 2.24) is 4.57 Å². The summed E-state index contributed by atoms with van der Waals surface area (Å²) in [6, 6.07) is 96.9. The van der Waals surface area contributed by atoms with Gasteiger partial charge in [-0.15, -0.1) is 0 Å². The molecule has 0 fully saturated rings. The van der Waals surface area contributed by atoms with Crippen molar-refractivity contribution in [3.63, 3.8) is 0 Å². The van der Waals surface area contributed by atoms with Crippen molar-refractivity contribution in [3.8, 4) is 61.3 Å². The van der Waals surface area contributed by atoms with E-state index >= 15 is 0 Å². The lowest BCUT2D eigenvalue weighted by Crippen LogP contribution is -2.11. The summed E-state index contributed by atoms with van der Waals surface area (Å²) in [7, 11) is 0. The quantitative estimate of drug-likeness (QED) is 0.141. The number of hydrogen-bond acceptors (Lipinski definition) is 1. The van der Waals surface area contributed by atoms with Crippen molar-refractivity contribution in [2.75, 3.05) is 4.90 Å². The molecule has 0 aliphatic carbocycles. The van der Waals surface area contributed by atoms with Gasteiger partial charge in [-0.1, -0.05) is 212 Å². The van der Waals surface area contributed by atoms with Gasteiger partial charge in [0.15, 0.2) is 0 Å². The Morgan fingerprint density at radius 3 is 1.42 bits per heavy atom. The monoisotopic (exact) mass is 840 g/mol. The van der Waals surface area contributed by atoms with Crippen molar-refractivity contribution in [3.05, 3.63) is 267 Å². The van der Waals surface area contributed by atoms with Crippen LogP contribution in [0.15, 0.2) is 267 Å². The zero-order valence-corrected chi connectivity index (χ0v) is 36.3. The highest BCUT2D eigenvalue weighted by atomic mass is 15.1. The number of anilines is 3. The third-order valence-electron chi connectivity index (χ3n) is 13.0. The minimum atomic E-state index is 1.07. The van der Waals surface area contributed by atoms with E-state index in [-0.39, 0.29) is 0 Å². The van der Waals surface area contributed by atoms with Crippen LogP contribution in [-0.4, -0.2) is 4.57 Å². The van der Waals surface area contributed by atoms with Crippen LogP contribution in [0.3, 0.4) is 0 Å². The molecule has 0 amide bonds. The highest BCUT2D eigenvalue weighted by Crippen LogP contribution is 2.46. The number of hydrogen-bond donors (Lipinski definition) is 0. The van der Waals surface area contributed by atoms with Gasteiger partial charge in [0.2, 0.25) is 0 Å². The Bertz CT molecular complexity index is 3630. The zero-order chi connectivity index (χ0) is 43.8.